The van der Waals surface area contributed by atoms with Crippen LogP contribution >= 0.6 is 0 Å². The van der Waals surface area contributed by atoms with E-state index < -0.39 is 132 Å². The number of ether oxygens (including phenoxy) is 3. The standard InChI is InChI=1S/C67H102N10O15/c1-15-41(8)59(53(90-13)35-56(82)76-32-20-24-49(76)61(91-14)42(9)62(84)71-43(10)60(83)45-21-17-16-18-22-45)74(11)65(87)48(38(2)3)34-52(79)58(40(6)7)75(12)67(89)92-37-44-25-27-47(28-26-44)72-63(85)46(23-19-31-70-66(69)88)33-51(78)57(39(4)5)73-64(86)50(36-68)77-54(80)29-30-55(77)81/h16-18,21-22,25-30,38-43,46,48-50,53,57-61,83H,15,19-20,23-24,31-37,68H2,1-14H3,(H,71,84)(H,72,85)(H,73,86)(H3,69,70,88)/t41-,42+,43+,46+,48-,49-,50?,53+,57-,58-,59-,60+,61+/m0/s1. The zero-order chi connectivity index (χ0) is 68.8. The van der Waals surface area contributed by atoms with E-state index in [0.29, 0.717) is 47.5 Å². The van der Waals surface area contributed by atoms with Gasteiger partial charge in [-0.1, -0.05) is 111 Å². The lowest BCUT2D eigenvalue weighted by Crippen LogP contribution is -2.57. The van der Waals surface area contributed by atoms with Crippen molar-refractivity contribution in [3.63, 3.8) is 0 Å². The van der Waals surface area contributed by atoms with Crippen LogP contribution in [0.2, 0.25) is 0 Å². The maximum atomic E-state index is 14.9. The molecule has 0 saturated carbocycles. The number of carbonyl (C=O) groups is 11. The zero-order valence-electron chi connectivity index (χ0n) is 56.2. The summed E-state index contributed by atoms with van der Waals surface area (Å²) in [6.45, 7) is 18.1. The molecule has 1 fully saturated rings. The molecule has 510 valence electrons. The molecule has 0 spiro atoms. The minimum absolute atomic E-state index is 0.0762. The predicted octanol–water partition coefficient (Wildman–Crippen LogP) is 5.03. The number of nitrogens with two attached hydrogens (primary N) is 2. The first-order valence-electron chi connectivity index (χ1n) is 32.0. The molecule has 13 atom stereocenters. The predicted molar refractivity (Wildman–Crippen MR) is 345 cm³/mol. The number of likely N-dealkylation sites (N-methyl/N-ethyl adjacent to an activating group) is 2. The number of aliphatic hydroxyl groups is 1. The second-order valence-electron chi connectivity index (χ2n) is 25.5. The Labute approximate surface area is 542 Å². The molecule has 1 saturated heterocycles. The maximum absolute atomic E-state index is 14.9. The first-order chi connectivity index (χ1) is 43.4. The van der Waals surface area contributed by atoms with Crippen molar-refractivity contribution in [1.29, 1.82) is 0 Å². The Bertz CT molecular complexity index is 2850. The number of carbonyl (C=O) groups excluding carboxylic acids is 11. The third-order valence-electron chi connectivity index (χ3n) is 17.9. The normalized spacial score (nSPS) is 18.0. The molecule has 2 aliphatic heterocycles. The van der Waals surface area contributed by atoms with Gasteiger partial charge >= 0.3 is 12.1 Å². The third-order valence-corrected chi connectivity index (χ3v) is 17.9. The largest absolute Gasteiger partial charge is 0.445 e. The van der Waals surface area contributed by atoms with Crippen LogP contribution in [-0.4, -0.2) is 186 Å². The molecular weight excluding hydrogens is 1180 g/mol. The number of urea groups is 1. The van der Waals surface area contributed by atoms with Gasteiger partial charge in [-0.2, -0.15) is 0 Å². The molecule has 25 heteroatoms. The van der Waals surface area contributed by atoms with Crippen molar-refractivity contribution in [2.24, 2.45) is 52.9 Å². The Morgan fingerprint density at radius 2 is 1.38 bits per heavy atom. The minimum atomic E-state index is -1.38. The van der Waals surface area contributed by atoms with Gasteiger partial charge in [0.2, 0.25) is 29.5 Å². The summed E-state index contributed by atoms with van der Waals surface area (Å²) < 4.78 is 17.8. The van der Waals surface area contributed by atoms with E-state index in [9.17, 15) is 57.8 Å². The summed E-state index contributed by atoms with van der Waals surface area (Å²) in [5.41, 5.74) is 12.6. The highest BCUT2D eigenvalue weighted by atomic mass is 16.6. The van der Waals surface area contributed by atoms with Crippen LogP contribution in [0.1, 0.15) is 138 Å². The molecule has 10 amide bonds. The fraction of sp³-hybridized carbons (Fsp3) is 0.627. The lowest BCUT2D eigenvalue weighted by molar-refractivity contribution is -0.149. The number of hydrogen-bond acceptors (Lipinski definition) is 16. The molecule has 9 N–H and O–H groups in total. The average Bonchev–Trinajstić information content (AvgIpc) is 1.42. The van der Waals surface area contributed by atoms with E-state index in [1.165, 1.54) is 26.2 Å². The summed E-state index contributed by atoms with van der Waals surface area (Å²) >= 11 is 0. The molecule has 25 nitrogen and oxygen atoms in total. The number of rotatable bonds is 37. The number of ketones is 2. The summed E-state index contributed by atoms with van der Waals surface area (Å²) in [5, 5.41) is 21.8. The van der Waals surface area contributed by atoms with Crippen molar-refractivity contribution in [3.8, 4) is 0 Å². The highest BCUT2D eigenvalue weighted by Crippen LogP contribution is 2.32. The number of benzene rings is 2. The van der Waals surface area contributed by atoms with Gasteiger partial charge in [-0.3, -0.25) is 48.1 Å². The molecule has 1 unspecified atom stereocenters. The van der Waals surface area contributed by atoms with Crippen molar-refractivity contribution in [1.82, 2.24) is 35.6 Å². The van der Waals surface area contributed by atoms with E-state index in [-0.39, 0.29) is 80.6 Å². The average molecular weight is 1290 g/mol. The van der Waals surface area contributed by atoms with E-state index >= 15 is 0 Å². The Balaban J connectivity index is 1.41. The molecule has 0 aromatic heterocycles. The van der Waals surface area contributed by atoms with Crippen molar-refractivity contribution < 1.29 is 72.1 Å². The first kappa shape index (κ1) is 76.8. The first-order valence-corrected chi connectivity index (χ1v) is 32.0. The Morgan fingerprint density at radius 1 is 0.750 bits per heavy atom. The molecule has 2 aliphatic rings. The van der Waals surface area contributed by atoms with Crippen LogP contribution in [0, 0.1) is 41.4 Å². The number of nitrogens with zero attached hydrogens (tertiary/aromatic N) is 4. The number of aliphatic hydroxyl groups excluding tert-OH is 1. The molecule has 0 radical (unpaired) electrons. The van der Waals surface area contributed by atoms with Crippen LogP contribution in [0.4, 0.5) is 15.3 Å². The van der Waals surface area contributed by atoms with E-state index in [1.54, 1.807) is 94.8 Å². The fourth-order valence-electron chi connectivity index (χ4n) is 12.4. The maximum Gasteiger partial charge on any atom is 0.410 e. The Kier molecular flexibility index (Phi) is 30.6. The molecule has 2 aromatic carbocycles. The number of primary amides is 1. The van der Waals surface area contributed by atoms with Gasteiger partial charge in [-0.25, -0.2) is 9.59 Å². The van der Waals surface area contributed by atoms with Gasteiger partial charge in [0, 0.05) is 90.5 Å². The van der Waals surface area contributed by atoms with Crippen LogP contribution < -0.4 is 32.7 Å². The number of methoxy groups -OCH3 is 2. The van der Waals surface area contributed by atoms with Gasteiger partial charge in [-0.05, 0) is 79.5 Å². The molecule has 92 heavy (non-hydrogen) atoms. The summed E-state index contributed by atoms with van der Waals surface area (Å²) in [5.74, 6) is -8.32. The molecule has 0 bridgehead atoms. The summed E-state index contributed by atoms with van der Waals surface area (Å²) in [4.78, 5) is 154. The molecule has 2 heterocycles. The lowest BCUT2D eigenvalue weighted by atomic mass is 9.83. The second-order valence-corrected chi connectivity index (χ2v) is 25.5. The van der Waals surface area contributed by atoms with E-state index in [1.807, 2.05) is 45.9 Å². The lowest BCUT2D eigenvalue weighted by Gasteiger charge is -2.41. The Morgan fingerprint density at radius 3 is 1.92 bits per heavy atom. The molecule has 2 aromatic rings. The van der Waals surface area contributed by atoms with Crippen LogP contribution in [0.5, 0.6) is 0 Å². The minimum Gasteiger partial charge on any atom is -0.445 e. The summed E-state index contributed by atoms with van der Waals surface area (Å²) in [6.07, 6.45) is 0.579. The number of Topliss-reactive ketones (excluding diaryl/α,β-unsaturated/α-hetero) is 2. The second kappa shape index (κ2) is 36.6. The smallest absolute Gasteiger partial charge is 0.410 e. The number of nitrogens with one attached hydrogen (secondary N) is 4. The van der Waals surface area contributed by atoms with Crippen molar-refractivity contribution >= 4 is 70.7 Å². The number of likely N-dealkylation sites (tertiary alicyclic amines) is 1. The van der Waals surface area contributed by atoms with Gasteiger partial charge in [0.05, 0.1) is 60.9 Å². The highest BCUT2D eigenvalue weighted by Gasteiger charge is 2.45. The van der Waals surface area contributed by atoms with E-state index in [2.05, 4.69) is 21.3 Å². The molecule has 4 rings (SSSR count). The van der Waals surface area contributed by atoms with Crippen molar-refractivity contribution in [3.05, 3.63) is 77.9 Å². The van der Waals surface area contributed by atoms with Crippen LogP contribution in [0.3, 0.4) is 0 Å². The van der Waals surface area contributed by atoms with Crippen LogP contribution in [0.15, 0.2) is 66.7 Å². The summed E-state index contributed by atoms with van der Waals surface area (Å²) in [7, 11) is 6.16. The van der Waals surface area contributed by atoms with Crippen LogP contribution in [0.25, 0.3) is 0 Å². The van der Waals surface area contributed by atoms with Gasteiger partial charge in [0.1, 0.15) is 12.6 Å². The van der Waals surface area contributed by atoms with E-state index in [0.717, 1.165) is 12.2 Å². The van der Waals surface area contributed by atoms with Gasteiger partial charge in [0.25, 0.3) is 11.8 Å². The summed E-state index contributed by atoms with van der Waals surface area (Å²) in [6, 6.07) is 9.56. The fourth-order valence-corrected chi connectivity index (χ4v) is 12.4. The topological polar surface area (TPSA) is 349 Å². The third kappa shape index (κ3) is 21.0. The van der Waals surface area contributed by atoms with Gasteiger partial charge < -0.3 is 66.8 Å². The SMILES string of the molecule is CC[C@H](C)[C@@H]([C@@H](CC(=O)N1CCC[C@H]1[C@H](OC)[C@@H](C)C(=O)N[C@H](C)[C@@H](O)c1ccccc1)OC)N(C)C(=O)[C@@H](CC(=O)[C@H](C(C)C)N(C)C(=O)OCc1ccc(NC(=O)[C@H](CCCNC(N)=O)CC(=O)[C@@H](NC(=O)C(CN)N2C(=O)C=CC2=O)C(C)C)cc1)C(C)C. The highest BCUT2D eigenvalue weighted by molar-refractivity contribution is 6.15. The van der Waals surface area contributed by atoms with Gasteiger partial charge in [0.15, 0.2) is 11.6 Å². The van der Waals surface area contributed by atoms with E-state index in [4.69, 9.17) is 25.7 Å². The van der Waals surface area contributed by atoms with Crippen molar-refractivity contribution in [2.45, 2.75) is 182 Å². The monoisotopic (exact) mass is 1290 g/mol. The quantitative estimate of drug-likeness (QED) is 0.0345. The van der Waals surface area contributed by atoms with Crippen molar-refractivity contribution in [2.75, 3.05) is 53.3 Å². The zero-order valence-corrected chi connectivity index (χ0v) is 56.2. The molecule has 0 aliphatic carbocycles. The number of anilines is 1. The number of hydrogen-bond donors (Lipinski definition) is 7. The molecular formula is C67H102N10O15. The van der Waals surface area contributed by atoms with Gasteiger partial charge in [-0.15, -0.1) is 0 Å². The number of amides is 10. The number of imide groups is 1. The Hall–Kier alpha value is -7.61. The van der Waals surface area contributed by atoms with Crippen LogP contribution in [-0.2, 0) is 64.0 Å².